The van der Waals surface area contributed by atoms with Crippen molar-refractivity contribution in [2.75, 3.05) is 6.54 Å². The lowest BCUT2D eigenvalue weighted by Crippen LogP contribution is -2.29. The van der Waals surface area contributed by atoms with Crippen molar-refractivity contribution < 1.29 is 14.7 Å². The lowest BCUT2D eigenvalue weighted by atomic mass is 10.2. The highest BCUT2D eigenvalue weighted by atomic mass is 16.3. The molecule has 0 saturated carbocycles. The number of carbonyl (C=O) groups excluding carboxylic acids is 2. The number of aliphatic hydroxyl groups excluding tert-OH is 1. The van der Waals surface area contributed by atoms with Crippen LogP contribution in [-0.4, -0.2) is 49.2 Å². The van der Waals surface area contributed by atoms with Gasteiger partial charge in [-0.2, -0.15) is 5.10 Å². The van der Waals surface area contributed by atoms with Crippen LogP contribution in [0.25, 0.3) is 16.6 Å². The van der Waals surface area contributed by atoms with Crippen LogP contribution in [0.1, 0.15) is 28.2 Å². The predicted molar refractivity (Wildman–Crippen MR) is 101 cm³/mol. The smallest absolute Gasteiger partial charge is 0.269 e. The van der Waals surface area contributed by atoms with Crippen LogP contribution in [0.5, 0.6) is 0 Å². The van der Waals surface area contributed by atoms with Gasteiger partial charge in [0.25, 0.3) is 11.8 Å². The van der Waals surface area contributed by atoms with Gasteiger partial charge in [-0.15, -0.1) is 6.42 Å². The maximum absolute atomic E-state index is 11.9. The number of fused-ring (bicyclic) bond motifs is 1. The number of aromatic nitrogens is 3. The van der Waals surface area contributed by atoms with Crippen molar-refractivity contribution in [2.24, 2.45) is 5.73 Å². The van der Waals surface area contributed by atoms with Gasteiger partial charge in [-0.05, 0) is 30.7 Å². The number of carbonyl (C=O) groups is 2. The van der Waals surface area contributed by atoms with Gasteiger partial charge in [-0.1, -0.05) is 12.0 Å². The molecule has 8 heteroatoms. The van der Waals surface area contributed by atoms with Gasteiger partial charge in [0.05, 0.1) is 29.6 Å². The minimum Gasteiger partial charge on any atom is -0.383 e. The van der Waals surface area contributed by atoms with E-state index < -0.39 is 12.0 Å². The van der Waals surface area contributed by atoms with E-state index in [9.17, 15) is 14.7 Å². The number of aliphatic hydroxyl groups is 1. The summed E-state index contributed by atoms with van der Waals surface area (Å²) in [6, 6.07) is 8.88. The number of benzene rings is 1. The molecule has 2 aromatic heterocycles. The van der Waals surface area contributed by atoms with Gasteiger partial charge in [0.2, 0.25) is 0 Å². The first-order chi connectivity index (χ1) is 13.5. The monoisotopic (exact) mass is 375 g/mol. The van der Waals surface area contributed by atoms with Crippen LogP contribution in [0.4, 0.5) is 0 Å². The number of hydrogen-bond donors (Lipinski definition) is 2. The van der Waals surface area contributed by atoms with Crippen molar-refractivity contribution in [1.82, 2.24) is 19.7 Å². The summed E-state index contributed by atoms with van der Waals surface area (Å²) in [7, 11) is 0. The Morgan fingerprint density at radius 2 is 2.21 bits per heavy atom. The second-order valence-corrected chi connectivity index (χ2v) is 6.58. The molecule has 3 aromatic rings. The lowest BCUT2D eigenvalue weighted by molar-refractivity contribution is -0.135. The maximum atomic E-state index is 11.9. The minimum absolute atomic E-state index is 0.109. The summed E-state index contributed by atoms with van der Waals surface area (Å²) >= 11 is 0. The topological polar surface area (TPSA) is 114 Å². The van der Waals surface area contributed by atoms with Crippen molar-refractivity contribution in [2.45, 2.75) is 19.1 Å². The van der Waals surface area contributed by atoms with Crippen molar-refractivity contribution in [3.8, 4) is 18.0 Å². The summed E-state index contributed by atoms with van der Waals surface area (Å²) in [4.78, 5) is 29.8. The Morgan fingerprint density at radius 3 is 2.89 bits per heavy atom. The zero-order chi connectivity index (χ0) is 19.8. The summed E-state index contributed by atoms with van der Waals surface area (Å²) in [6.45, 7) is 0.697. The quantitative estimate of drug-likeness (QED) is 0.648. The molecule has 0 bridgehead atoms. The van der Waals surface area contributed by atoms with E-state index in [-0.39, 0.29) is 18.1 Å². The molecule has 1 aromatic carbocycles. The first-order valence-electron chi connectivity index (χ1n) is 8.69. The molecule has 0 spiro atoms. The molecule has 1 aliphatic rings. The van der Waals surface area contributed by atoms with E-state index in [4.69, 9.17) is 12.2 Å². The number of nitrogens with zero attached hydrogens (tertiary/aromatic N) is 4. The first-order valence-corrected chi connectivity index (χ1v) is 8.69. The Hall–Kier alpha value is -3.70. The largest absolute Gasteiger partial charge is 0.383 e. The van der Waals surface area contributed by atoms with Crippen LogP contribution in [0, 0.1) is 12.3 Å². The van der Waals surface area contributed by atoms with E-state index in [1.54, 1.807) is 35.1 Å². The molecule has 1 aliphatic heterocycles. The Bertz CT molecular complexity index is 1140. The van der Waals surface area contributed by atoms with Crippen LogP contribution in [0.3, 0.4) is 0 Å². The van der Waals surface area contributed by atoms with Crippen molar-refractivity contribution in [3.05, 3.63) is 53.5 Å². The number of primary amides is 1. The second-order valence-electron chi connectivity index (χ2n) is 6.58. The number of rotatable bonds is 4. The van der Waals surface area contributed by atoms with Crippen LogP contribution < -0.4 is 5.73 Å². The van der Waals surface area contributed by atoms with Crippen molar-refractivity contribution >= 4 is 22.7 Å². The summed E-state index contributed by atoms with van der Waals surface area (Å²) in [5.74, 6) is 1.58. The Kier molecular flexibility index (Phi) is 4.29. The molecule has 28 heavy (non-hydrogen) atoms. The molecule has 1 fully saturated rings. The zero-order valence-electron chi connectivity index (χ0n) is 14.9. The molecular formula is C20H17N5O3. The molecule has 0 aliphatic carbocycles. The number of amides is 2. The Morgan fingerprint density at radius 1 is 1.39 bits per heavy atom. The average molecular weight is 375 g/mol. The van der Waals surface area contributed by atoms with E-state index in [1.807, 2.05) is 6.07 Å². The van der Waals surface area contributed by atoms with Crippen LogP contribution in [0.2, 0.25) is 0 Å². The number of terminal acetylenes is 1. The third-order valence-corrected chi connectivity index (χ3v) is 4.74. The highest BCUT2D eigenvalue weighted by Gasteiger charge is 2.30. The summed E-state index contributed by atoms with van der Waals surface area (Å²) in [5, 5.41) is 14.5. The van der Waals surface area contributed by atoms with Gasteiger partial charge < -0.3 is 15.7 Å². The van der Waals surface area contributed by atoms with Gasteiger partial charge >= 0.3 is 0 Å². The average Bonchev–Trinajstić information content (AvgIpc) is 3.23. The van der Waals surface area contributed by atoms with Crippen LogP contribution in [0.15, 0.2) is 36.5 Å². The minimum atomic E-state index is -0.962. The Balaban J connectivity index is 1.78. The lowest BCUT2D eigenvalue weighted by Gasteiger charge is -2.15. The summed E-state index contributed by atoms with van der Waals surface area (Å²) in [6.07, 6.45) is 6.49. The molecule has 1 atom stereocenters. The first kappa shape index (κ1) is 17.7. The van der Waals surface area contributed by atoms with E-state index in [1.165, 1.54) is 4.90 Å². The Labute approximate surface area is 160 Å². The third kappa shape index (κ3) is 2.98. The van der Waals surface area contributed by atoms with Gasteiger partial charge in [-0.3, -0.25) is 14.6 Å². The number of nitrogens with two attached hydrogens (primary N) is 1. The fraction of sp³-hybridized carbons (Fsp3) is 0.200. The molecule has 4 rings (SSSR count). The molecule has 3 N–H and O–H groups in total. The van der Waals surface area contributed by atoms with Gasteiger partial charge in [0.15, 0.2) is 5.69 Å². The molecule has 8 nitrogen and oxygen atoms in total. The van der Waals surface area contributed by atoms with E-state index in [2.05, 4.69) is 16.0 Å². The molecule has 0 radical (unpaired) electrons. The fourth-order valence-electron chi connectivity index (χ4n) is 3.33. The summed E-state index contributed by atoms with van der Waals surface area (Å²) in [5.41, 5.74) is 8.16. The third-order valence-electron chi connectivity index (χ3n) is 4.74. The molecule has 140 valence electrons. The van der Waals surface area contributed by atoms with Gasteiger partial charge in [-0.25, -0.2) is 4.68 Å². The fourth-order valence-corrected chi connectivity index (χ4v) is 3.33. The van der Waals surface area contributed by atoms with Crippen molar-refractivity contribution in [1.29, 1.82) is 0 Å². The standard InChI is InChI=1S/C20H17N5O3/c1-2-12-4-3-5-14(8-12)25-16-10-22-13(9-15(16)18(23-25)19(21)27)11-24-7-6-17(26)20(24)28/h1,3-5,8-10,17,26H,6-7,11H2,(H2,21,27). The molecular weight excluding hydrogens is 358 g/mol. The highest BCUT2D eigenvalue weighted by Crippen LogP contribution is 2.24. The zero-order valence-corrected chi connectivity index (χ0v) is 14.9. The molecule has 2 amide bonds. The van der Waals surface area contributed by atoms with Gasteiger partial charge in [0, 0.05) is 17.5 Å². The van der Waals surface area contributed by atoms with E-state index in [0.717, 1.165) is 0 Å². The van der Waals surface area contributed by atoms with Crippen LogP contribution in [-0.2, 0) is 11.3 Å². The summed E-state index contributed by atoms with van der Waals surface area (Å²) < 4.78 is 1.57. The second kappa shape index (κ2) is 6.79. The van der Waals surface area contributed by atoms with Gasteiger partial charge in [0.1, 0.15) is 6.10 Å². The van der Waals surface area contributed by atoms with E-state index >= 15 is 0 Å². The maximum Gasteiger partial charge on any atom is 0.269 e. The van der Waals surface area contributed by atoms with Crippen LogP contribution >= 0.6 is 0 Å². The number of pyridine rings is 1. The molecule has 1 saturated heterocycles. The number of hydrogen-bond acceptors (Lipinski definition) is 5. The van der Waals surface area contributed by atoms with Crippen molar-refractivity contribution in [3.63, 3.8) is 0 Å². The molecule has 3 heterocycles. The SMILES string of the molecule is C#Cc1cccc(-n2nc(C(N)=O)c3cc(CN4CCC(O)C4=O)ncc32)c1. The predicted octanol–water partition coefficient (Wildman–Crippen LogP) is 0.594. The van der Waals surface area contributed by atoms with E-state index in [0.29, 0.717) is 40.8 Å². The highest BCUT2D eigenvalue weighted by molar-refractivity contribution is 6.04. The number of likely N-dealkylation sites (tertiary alicyclic amines) is 1. The normalized spacial score (nSPS) is 16.5. The molecule has 1 unspecified atom stereocenters.